The molecule has 0 spiro atoms. The molecule has 2 aliphatic heterocycles. The summed E-state index contributed by atoms with van der Waals surface area (Å²) in [5.41, 5.74) is 4.87. The molecule has 166 valence electrons. The fourth-order valence-corrected chi connectivity index (χ4v) is 4.74. The normalized spacial score (nSPS) is 21.2. The summed E-state index contributed by atoms with van der Waals surface area (Å²) >= 11 is 0. The van der Waals surface area contributed by atoms with Crippen LogP contribution in [-0.2, 0) is 16.0 Å². The van der Waals surface area contributed by atoms with E-state index in [1.165, 1.54) is 4.90 Å². The molecule has 2 aliphatic rings. The quantitative estimate of drug-likeness (QED) is 0.344. The average molecular weight is 440 g/mol. The average Bonchev–Trinajstić information content (AvgIpc) is 3.31. The highest BCUT2D eigenvalue weighted by molar-refractivity contribution is 6.51. The lowest BCUT2D eigenvalue weighted by atomic mass is 9.94. The van der Waals surface area contributed by atoms with E-state index in [0.29, 0.717) is 11.3 Å². The van der Waals surface area contributed by atoms with Crippen LogP contribution < -0.4 is 9.64 Å². The number of anilines is 1. The summed E-state index contributed by atoms with van der Waals surface area (Å²) in [6.45, 7) is 5.85. The molecule has 1 amide bonds. The summed E-state index contributed by atoms with van der Waals surface area (Å²) in [6, 6.07) is 19.9. The summed E-state index contributed by atoms with van der Waals surface area (Å²) in [7, 11) is 0. The Kier molecular flexibility index (Phi) is 5.05. The summed E-state index contributed by atoms with van der Waals surface area (Å²) in [4.78, 5) is 28.2. The van der Waals surface area contributed by atoms with Gasteiger partial charge in [0.25, 0.3) is 11.7 Å². The minimum absolute atomic E-state index is 0.0663. The third-order valence-electron chi connectivity index (χ3n) is 6.35. The highest BCUT2D eigenvalue weighted by Gasteiger charge is 2.47. The third-order valence-corrected chi connectivity index (χ3v) is 6.35. The lowest BCUT2D eigenvalue weighted by Gasteiger charge is -2.27. The van der Waals surface area contributed by atoms with Crippen molar-refractivity contribution in [3.8, 4) is 5.75 Å². The van der Waals surface area contributed by atoms with Gasteiger partial charge < -0.3 is 9.84 Å². The number of Topliss-reactive ketones (excluding diaryl/α,β-unsaturated/α-hetero) is 1. The number of rotatable bonds is 3. The Labute approximate surface area is 192 Å². The number of aliphatic hydroxyl groups is 1. The smallest absolute Gasteiger partial charge is 0.300 e. The van der Waals surface area contributed by atoms with Gasteiger partial charge in [0.2, 0.25) is 0 Å². The highest BCUT2D eigenvalue weighted by Crippen LogP contribution is 2.43. The topological polar surface area (TPSA) is 66.8 Å². The number of hydrogen-bond acceptors (Lipinski definition) is 4. The van der Waals surface area contributed by atoms with Crippen LogP contribution in [0.3, 0.4) is 0 Å². The van der Waals surface area contributed by atoms with Gasteiger partial charge in [-0.05, 0) is 67.3 Å². The van der Waals surface area contributed by atoms with Gasteiger partial charge in [0.15, 0.2) is 0 Å². The number of aliphatic hydroxyl groups excluding tert-OH is 1. The minimum atomic E-state index is -0.727. The molecule has 1 fully saturated rings. The number of nitrogens with zero attached hydrogens (tertiary/aromatic N) is 1. The van der Waals surface area contributed by atoms with Crippen molar-refractivity contribution in [1.29, 1.82) is 0 Å². The van der Waals surface area contributed by atoms with Crippen LogP contribution in [0, 0.1) is 13.8 Å². The molecule has 0 bridgehead atoms. The molecule has 0 aliphatic carbocycles. The molecule has 1 N–H and O–H groups in total. The van der Waals surface area contributed by atoms with E-state index >= 15 is 0 Å². The van der Waals surface area contributed by atoms with E-state index in [1.807, 2.05) is 81.4 Å². The van der Waals surface area contributed by atoms with Crippen molar-refractivity contribution in [3.05, 3.63) is 100 Å². The van der Waals surface area contributed by atoms with Crippen molar-refractivity contribution in [3.63, 3.8) is 0 Å². The Morgan fingerprint density at radius 1 is 1.00 bits per heavy atom. The maximum atomic E-state index is 13.3. The Morgan fingerprint density at radius 2 is 1.76 bits per heavy atom. The van der Waals surface area contributed by atoms with E-state index in [2.05, 4.69) is 0 Å². The first-order valence-electron chi connectivity index (χ1n) is 11.1. The SMILES string of the molecule is Cc1ccc(C)c(N2C(=O)C(=O)/C(=C(\O)c3ccc4c(c3)CC(C)O4)C2c2ccccc2)c1. The van der Waals surface area contributed by atoms with Gasteiger partial charge >= 0.3 is 0 Å². The van der Waals surface area contributed by atoms with Crippen LogP contribution in [0.2, 0.25) is 0 Å². The van der Waals surface area contributed by atoms with Crippen LogP contribution >= 0.6 is 0 Å². The van der Waals surface area contributed by atoms with Crippen LogP contribution in [0.25, 0.3) is 5.76 Å². The molecule has 5 nitrogen and oxygen atoms in total. The van der Waals surface area contributed by atoms with Gasteiger partial charge in [-0.1, -0.05) is 42.5 Å². The number of ether oxygens (including phenoxy) is 1. The molecular formula is C28H25NO4. The second-order valence-corrected chi connectivity index (χ2v) is 8.82. The number of carbonyl (C=O) groups is 2. The van der Waals surface area contributed by atoms with Crippen molar-refractivity contribution in [2.24, 2.45) is 0 Å². The molecule has 3 aromatic rings. The zero-order chi connectivity index (χ0) is 23.3. The maximum absolute atomic E-state index is 13.3. The van der Waals surface area contributed by atoms with Gasteiger partial charge in [-0.3, -0.25) is 14.5 Å². The minimum Gasteiger partial charge on any atom is -0.507 e. The maximum Gasteiger partial charge on any atom is 0.300 e. The fourth-order valence-electron chi connectivity index (χ4n) is 4.74. The van der Waals surface area contributed by atoms with E-state index in [0.717, 1.165) is 34.4 Å². The number of carbonyl (C=O) groups excluding carboxylic acids is 2. The number of fused-ring (bicyclic) bond motifs is 1. The highest BCUT2D eigenvalue weighted by atomic mass is 16.5. The van der Waals surface area contributed by atoms with Crippen molar-refractivity contribution in [2.75, 3.05) is 4.90 Å². The van der Waals surface area contributed by atoms with Gasteiger partial charge in [-0.15, -0.1) is 0 Å². The number of ketones is 1. The molecule has 5 heteroatoms. The predicted molar refractivity (Wildman–Crippen MR) is 127 cm³/mol. The van der Waals surface area contributed by atoms with Crippen molar-refractivity contribution in [2.45, 2.75) is 39.3 Å². The number of aryl methyl sites for hydroxylation is 2. The Morgan fingerprint density at radius 3 is 2.52 bits per heavy atom. The largest absolute Gasteiger partial charge is 0.507 e. The lowest BCUT2D eigenvalue weighted by molar-refractivity contribution is -0.132. The molecule has 3 aromatic carbocycles. The molecule has 0 aromatic heterocycles. The zero-order valence-corrected chi connectivity index (χ0v) is 18.8. The molecule has 2 atom stereocenters. The van der Waals surface area contributed by atoms with Crippen LogP contribution in [-0.4, -0.2) is 22.9 Å². The monoisotopic (exact) mass is 439 g/mol. The third kappa shape index (κ3) is 3.50. The fraction of sp³-hybridized carbons (Fsp3) is 0.214. The van der Waals surface area contributed by atoms with Crippen LogP contribution in [0.1, 0.15) is 40.8 Å². The molecule has 5 rings (SSSR count). The first-order chi connectivity index (χ1) is 15.8. The molecule has 1 saturated heterocycles. The van der Waals surface area contributed by atoms with Crippen molar-refractivity contribution in [1.82, 2.24) is 0 Å². The molecule has 0 radical (unpaired) electrons. The van der Waals surface area contributed by atoms with Crippen molar-refractivity contribution < 1.29 is 19.4 Å². The van der Waals surface area contributed by atoms with Gasteiger partial charge in [0.1, 0.15) is 17.6 Å². The standard InChI is InChI=1S/C28H25NO4/c1-16-9-10-17(2)22(13-16)29-25(19-7-5-4-6-8-19)24(27(31)28(29)32)26(30)20-11-12-23-21(15-20)14-18(3)33-23/h4-13,15,18,25,30H,14H2,1-3H3/b26-24-. The molecular weight excluding hydrogens is 414 g/mol. The second kappa shape index (κ2) is 7.93. The molecule has 33 heavy (non-hydrogen) atoms. The summed E-state index contributed by atoms with van der Waals surface area (Å²) in [5, 5.41) is 11.4. The van der Waals surface area contributed by atoms with E-state index in [1.54, 1.807) is 6.07 Å². The van der Waals surface area contributed by atoms with E-state index in [4.69, 9.17) is 4.74 Å². The zero-order valence-electron chi connectivity index (χ0n) is 18.8. The van der Waals surface area contributed by atoms with E-state index in [9.17, 15) is 14.7 Å². The molecule has 2 unspecified atom stereocenters. The number of amides is 1. The van der Waals surface area contributed by atoms with Crippen molar-refractivity contribution >= 4 is 23.1 Å². The van der Waals surface area contributed by atoms with Crippen LogP contribution in [0.5, 0.6) is 5.75 Å². The van der Waals surface area contributed by atoms with Crippen LogP contribution in [0.15, 0.2) is 72.3 Å². The molecule has 2 heterocycles. The summed E-state index contributed by atoms with van der Waals surface area (Å²) in [6.07, 6.45) is 0.798. The second-order valence-electron chi connectivity index (χ2n) is 8.82. The van der Waals surface area contributed by atoms with Gasteiger partial charge in [0, 0.05) is 17.7 Å². The Balaban J connectivity index is 1.71. The van der Waals surface area contributed by atoms with E-state index in [-0.39, 0.29) is 17.4 Å². The van der Waals surface area contributed by atoms with Gasteiger partial charge in [-0.2, -0.15) is 0 Å². The number of hydrogen-bond donors (Lipinski definition) is 1. The van der Waals surface area contributed by atoms with Gasteiger partial charge in [-0.25, -0.2) is 0 Å². The summed E-state index contributed by atoms with van der Waals surface area (Å²) in [5.74, 6) is -0.712. The molecule has 0 saturated carbocycles. The summed E-state index contributed by atoms with van der Waals surface area (Å²) < 4.78 is 5.77. The van der Waals surface area contributed by atoms with Crippen LogP contribution in [0.4, 0.5) is 5.69 Å². The van der Waals surface area contributed by atoms with Gasteiger partial charge in [0.05, 0.1) is 11.6 Å². The number of benzene rings is 3. The predicted octanol–water partition coefficient (Wildman–Crippen LogP) is 5.25. The van der Waals surface area contributed by atoms with E-state index < -0.39 is 17.7 Å². The first-order valence-corrected chi connectivity index (χ1v) is 11.1. The first kappa shape index (κ1) is 21.0. The Hall–Kier alpha value is -3.86. The lowest BCUT2D eigenvalue weighted by Crippen LogP contribution is -2.30. The Bertz CT molecular complexity index is 1310.